The summed E-state index contributed by atoms with van der Waals surface area (Å²) in [7, 11) is 0. The fourth-order valence-corrected chi connectivity index (χ4v) is 2.60. The molecule has 0 atom stereocenters. The molecule has 2 heterocycles. The molecule has 0 saturated heterocycles. The van der Waals surface area contributed by atoms with E-state index in [-0.39, 0.29) is 5.82 Å². The van der Waals surface area contributed by atoms with Gasteiger partial charge in [0, 0.05) is 23.5 Å². The molecule has 0 radical (unpaired) electrons. The summed E-state index contributed by atoms with van der Waals surface area (Å²) < 4.78 is 15.0. The fraction of sp³-hybridized carbons (Fsp3) is 0. The first-order valence-electron chi connectivity index (χ1n) is 7.50. The summed E-state index contributed by atoms with van der Waals surface area (Å²) in [4.78, 5) is 4.07. The quantitative estimate of drug-likeness (QED) is 0.570. The Morgan fingerprint density at radius 3 is 2.17 bits per heavy atom. The van der Waals surface area contributed by atoms with Gasteiger partial charge >= 0.3 is 0 Å². The van der Waals surface area contributed by atoms with Gasteiger partial charge in [-0.25, -0.2) is 9.07 Å². The molecule has 4 aromatic rings. The predicted octanol–water partition coefficient (Wildman–Crippen LogP) is 4.14. The number of para-hydroxylation sites is 1. The van der Waals surface area contributed by atoms with E-state index in [1.807, 2.05) is 42.5 Å². The Labute approximate surface area is 138 Å². The van der Waals surface area contributed by atoms with Crippen LogP contribution < -0.4 is 0 Å². The highest BCUT2D eigenvalue weighted by Gasteiger charge is 2.17. The number of hydrogen-bond donors (Lipinski definition) is 0. The predicted molar refractivity (Wildman–Crippen MR) is 90.0 cm³/mol. The van der Waals surface area contributed by atoms with E-state index >= 15 is 0 Å². The van der Waals surface area contributed by atoms with E-state index in [2.05, 4.69) is 15.3 Å². The number of pyridine rings is 1. The first-order valence-corrected chi connectivity index (χ1v) is 7.50. The highest BCUT2D eigenvalue weighted by Crippen LogP contribution is 2.31. The molecule has 0 saturated carbocycles. The van der Waals surface area contributed by atoms with Gasteiger partial charge in [-0.15, -0.1) is 5.10 Å². The van der Waals surface area contributed by atoms with Crippen LogP contribution in [0.25, 0.3) is 28.2 Å². The molecule has 24 heavy (non-hydrogen) atoms. The first-order chi connectivity index (χ1) is 11.8. The van der Waals surface area contributed by atoms with Crippen LogP contribution in [0, 0.1) is 5.82 Å². The van der Waals surface area contributed by atoms with Crippen LogP contribution in [0.3, 0.4) is 0 Å². The number of hydrogen-bond acceptors (Lipinski definition) is 3. The van der Waals surface area contributed by atoms with Gasteiger partial charge in [0.2, 0.25) is 0 Å². The summed E-state index contributed by atoms with van der Waals surface area (Å²) in [6, 6.07) is 19.9. The van der Waals surface area contributed by atoms with Crippen molar-refractivity contribution in [2.75, 3.05) is 0 Å². The topological polar surface area (TPSA) is 43.6 Å². The van der Waals surface area contributed by atoms with Crippen molar-refractivity contribution in [2.24, 2.45) is 0 Å². The highest BCUT2D eigenvalue weighted by molar-refractivity contribution is 5.78. The number of rotatable bonds is 3. The minimum Gasteiger partial charge on any atom is -0.265 e. The lowest BCUT2D eigenvalue weighted by atomic mass is 10.1. The standard InChI is InChI=1S/C19H13FN4/c20-16-8-6-14(7-9-16)18-19(15-10-12-21-13-11-15)24(23-22-18)17-4-2-1-3-5-17/h1-13H. The van der Waals surface area contributed by atoms with Gasteiger partial charge < -0.3 is 0 Å². The molecule has 4 nitrogen and oxygen atoms in total. The molecule has 0 amide bonds. The average Bonchev–Trinajstić information content (AvgIpc) is 3.09. The maximum Gasteiger partial charge on any atom is 0.123 e. The van der Waals surface area contributed by atoms with Crippen LogP contribution in [0.15, 0.2) is 79.1 Å². The Balaban J connectivity index is 1.95. The molecule has 0 aliphatic heterocycles. The smallest absolute Gasteiger partial charge is 0.123 e. The van der Waals surface area contributed by atoms with E-state index in [1.54, 1.807) is 29.2 Å². The maximum absolute atomic E-state index is 13.2. The van der Waals surface area contributed by atoms with E-state index in [1.165, 1.54) is 12.1 Å². The second-order valence-electron chi connectivity index (χ2n) is 5.28. The summed E-state index contributed by atoms with van der Waals surface area (Å²) in [5, 5.41) is 8.65. The van der Waals surface area contributed by atoms with Gasteiger partial charge in [-0.1, -0.05) is 23.4 Å². The fourth-order valence-electron chi connectivity index (χ4n) is 2.60. The van der Waals surface area contributed by atoms with Crippen LogP contribution in [0.1, 0.15) is 0 Å². The lowest BCUT2D eigenvalue weighted by Crippen LogP contribution is -1.99. The van der Waals surface area contributed by atoms with Crippen molar-refractivity contribution < 1.29 is 4.39 Å². The summed E-state index contributed by atoms with van der Waals surface area (Å²) in [5.41, 5.74) is 4.20. The second-order valence-corrected chi connectivity index (χ2v) is 5.28. The van der Waals surface area contributed by atoms with Crippen LogP contribution >= 0.6 is 0 Å². The number of benzene rings is 2. The lowest BCUT2D eigenvalue weighted by molar-refractivity contribution is 0.628. The van der Waals surface area contributed by atoms with Crippen LogP contribution in [0.2, 0.25) is 0 Å². The summed E-state index contributed by atoms with van der Waals surface area (Å²) >= 11 is 0. The third kappa shape index (κ3) is 2.56. The van der Waals surface area contributed by atoms with Crippen LogP contribution in [-0.2, 0) is 0 Å². The Morgan fingerprint density at radius 1 is 0.750 bits per heavy atom. The summed E-state index contributed by atoms with van der Waals surface area (Å²) in [6.07, 6.45) is 3.46. The van der Waals surface area contributed by atoms with Crippen LogP contribution in [0.4, 0.5) is 4.39 Å². The average molecular weight is 316 g/mol. The van der Waals surface area contributed by atoms with Gasteiger partial charge in [0.05, 0.1) is 5.69 Å². The van der Waals surface area contributed by atoms with Crippen molar-refractivity contribution >= 4 is 0 Å². The zero-order chi connectivity index (χ0) is 16.4. The Bertz CT molecular complexity index is 948. The molecule has 5 heteroatoms. The molecule has 0 aliphatic carbocycles. The normalized spacial score (nSPS) is 10.7. The van der Waals surface area contributed by atoms with Crippen molar-refractivity contribution in [3.63, 3.8) is 0 Å². The van der Waals surface area contributed by atoms with E-state index < -0.39 is 0 Å². The molecule has 4 rings (SSSR count). The van der Waals surface area contributed by atoms with Gasteiger partial charge in [-0.05, 0) is 48.5 Å². The maximum atomic E-state index is 13.2. The summed E-state index contributed by atoms with van der Waals surface area (Å²) in [5.74, 6) is -0.278. The van der Waals surface area contributed by atoms with Gasteiger partial charge in [0.1, 0.15) is 17.2 Å². The molecule has 0 unspecified atom stereocenters. The molecule has 2 aromatic heterocycles. The zero-order valence-corrected chi connectivity index (χ0v) is 12.7. The third-order valence-corrected chi connectivity index (χ3v) is 3.74. The largest absolute Gasteiger partial charge is 0.265 e. The molecular formula is C19H13FN4. The Morgan fingerprint density at radius 2 is 1.46 bits per heavy atom. The van der Waals surface area contributed by atoms with Crippen molar-refractivity contribution in [1.29, 1.82) is 0 Å². The van der Waals surface area contributed by atoms with Gasteiger partial charge in [-0.2, -0.15) is 0 Å². The minimum absolute atomic E-state index is 0.278. The van der Waals surface area contributed by atoms with Gasteiger partial charge in [0.25, 0.3) is 0 Å². The van der Waals surface area contributed by atoms with Crippen LogP contribution in [0.5, 0.6) is 0 Å². The minimum atomic E-state index is -0.278. The van der Waals surface area contributed by atoms with E-state index in [0.717, 1.165) is 22.5 Å². The molecule has 0 fully saturated rings. The van der Waals surface area contributed by atoms with E-state index in [4.69, 9.17) is 0 Å². The van der Waals surface area contributed by atoms with Crippen molar-refractivity contribution in [3.8, 4) is 28.2 Å². The first kappa shape index (κ1) is 14.3. The monoisotopic (exact) mass is 316 g/mol. The number of halogens is 1. The zero-order valence-electron chi connectivity index (χ0n) is 12.7. The Hall–Kier alpha value is -3.34. The molecule has 0 bridgehead atoms. The second kappa shape index (κ2) is 6.04. The molecule has 0 spiro atoms. The van der Waals surface area contributed by atoms with E-state index in [0.29, 0.717) is 5.69 Å². The Kier molecular flexibility index (Phi) is 3.59. The molecule has 0 aliphatic rings. The number of nitrogens with zero attached hydrogens (tertiary/aromatic N) is 4. The molecule has 2 aromatic carbocycles. The van der Waals surface area contributed by atoms with Crippen molar-refractivity contribution in [3.05, 3.63) is 84.9 Å². The van der Waals surface area contributed by atoms with Gasteiger partial charge in [0.15, 0.2) is 0 Å². The van der Waals surface area contributed by atoms with Crippen molar-refractivity contribution in [2.45, 2.75) is 0 Å². The van der Waals surface area contributed by atoms with Crippen LogP contribution in [-0.4, -0.2) is 20.0 Å². The SMILES string of the molecule is Fc1ccc(-c2nnn(-c3ccccc3)c2-c2ccncc2)cc1. The molecular weight excluding hydrogens is 303 g/mol. The van der Waals surface area contributed by atoms with E-state index in [9.17, 15) is 4.39 Å². The molecule has 0 N–H and O–H groups in total. The van der Waals surface area contributed by atoms with Gasteiger partial charge in [-0.3, -0.25) is 4.98 Å². The summed E-state index contributed by atoms with van der Waals surface area (Å²) in [6.45, 7) is 0. The highest BCUT2D eigenvalue weighted by atomic mass is 19.1. The molecule has 116 valence electrons. The number of aromatic nitrogens is 4. The third-order valence-electron chi connectivity index (χ3n) is 3.74. The van der Waals surface area contributed by atoms with Crippen molar-refractivity contribution in [1.82, 2.24) is 20.0 Å². The lowest BCUT2D eigenvalue weighted by Gasteiger charge is -2.08.